The second-order valence-electron chi connectivity index (χ2n) is 4.88. The number of piperidine rings is 1. The van der Waals surface area contributed by atoms with Crippen molar-refractivity contribution in [3.63, 3.8) is 0 Å². The lowest BCUT2D eigenvalue weighted by Crippen LogP contribution is -2.35. The van der Waals surface area contributed by atoms with Crippen LogP contribution < -0.4 is 11.1 Å². The zero-order valence-electron chi connectivity index (χ0n) is 11.0. The lowest BCUT2D eigenvalue weighted by Gasteiger charge is -2.21. The fourth-order valence-corrected chi connectivity index (χ4v) is 2.42. The molecule has 102 valence electrons. The van der Waals surface area contributed by atoms with Gasteiger partial charge in [-0.3, -0.25) is 4.79 Å². The molecular formula is C15H16N4O. The van der Waals surface area contributed by atoms with Crippen LogP contribution in [0.15, 0.2) is 36.5 Å². The van der Waals surface area contributed by atoms with Crippen molar-refractivity contribution in [3.8, 4) is 11.3 Å². The number of nitrogens with one attached hydrogen (secondary N) is 1. The predicted octanol–water partition coefficient (Wildman–Crippen LogP) is 1.72. The first kappa shape index (κ1) is 12.6. The van der Waals surface area contributed by atoms with Crippen LogP contribution in [0.2, 0.25) is 0 Å². The minimum atomic E-state index is -0.271. The van der Waals surface area contributed by atoms with Gasteiger partial charge in [0.1, 0.15) is 5.82 Å². The van der Waals surface area contributed by atoms with Gasteiger partial charge < -0.3 is 11.1 Å². The first-order valence-electron chi connectivity index (χ1n) is 6.71. The number of nitrogen functional groups attached to an aromatic ring is 1. The van der Waals surface area contributed by atoms with Gasteiger partial charge in [0.15, 0.2) is 0 Å². The summed E-state index contributed by atoms with van der Waals surface area (Å²) in [7, 11) is 0. The van der Waals surface area contributed by atoms with Crippen molar-refractivity contribution in [2.45, 2.75) is 18.8 Å². The van der Waals surface area contributed by atoms with E-state index in [2.05, 4.69) is 15.3 Å². The number of aromatic nitrogens is 2. The number of hydrogen-bond donors (Lipinski definition) is 2. The molecule has 5 heteroatoms. The van der Waals surface area contributed by atoms with Gasteiger partial charge in [-0.25, -0.2) is 9.97 Å². The van der Waals surface area contributed by atoms with Gasteiger partial charge in [0.05, 0.1) is 23.5 Å². The van der Waals surface area contributed by atoms with Crippen molar-refractivity contribution < 1.29 is 4.79 Å². The summed E-state index contributed by atoms with van der Waals surface area (Å²) in [6, 6.07) is 9.71. The van der Waals surface area contributed by atoms with Crippen LogP contribution in [0, 0.1) is 0 Å². The Morgan fingerprint density at radius 3 is 2.80 bits per heavy atom. The number of carbonyl (C=O) groups is 1. The van der Waals surface area contributed by atoms with Gasteiger partial charge in [-0.05, 0) is 12.8 Å². The number of hydrogen-bond acceptors (Lipinski definition) is 4. The van der Waals surface area contributed by atoms with Gasteiger partial charge >= 0.3 is 0 Å². The van der Waals surface area contributed by atoms with Crippen LogP contribution in [0.1, 0.15) is 24.6 Å². The molecule has 0 saturated carbocycles. The molecule has 1 aromatic heterocycles. The fraction of sp³-hybridized carbons (Fsp3) is 0.267. The molecule has 2 heterocycles. The second-order valence-corrected chi connectivity index (χ2v) is 4.88. The number of nitrogens with zero attached hydrogens (tertiary/aromatic N) is 2. The topological polar surface area (TPSA) is 80.9 Å². The van der Waals surface area contributed by atoms with Crippen LogP contribution in [-0.2, 0) is 4.79 Å². The molecule has 1 aliphatic heterocycles. The predicted molar refractivity (Wildman–Crippen MR) is 76.9 cm³/mol. The Hall–Kier alpha value is -2.43. The standard InChI is InChI=1S/C15H16N4O/c16-12-9-18-14(11-7-4-8-17-15(11)20)19-13(12)10-5-2-1-3-6-10/h1-3,5-6,9,11H,4,7-8,16H2,(H,17,20)/t11-/m0/s1. The maximum absolute atomic E-state index is 11.9. The Morgan fingerprint density at radius 1 is 1.25 bits per heavy atom. The Bertz CT molecular complexity index is 627. The molecular weight excluding hydrogens is 252 g/mol. The molecule has 0 aliphatic carbocycles. The van der Waals surface area contributed by atoms with Gasteiger partial charge in [0, 0.05) is 12.1 Å². The molecule has 20 heavy (non-hydrogen) atoms. The van der Waals surface area contributed by atoms with Crippen molar-refractivity contribution in [2.24, 2.45) is 0 Å². The third kappa shape index (κ3) is 2.34. The van der Waals surface area contributed by atoms with Crippen molar-refractivity contribution in [1.82, 2.24) is 15.3 Å². The Kier molecular flexibility index (Phi) is 3.33. The lowest BCUT2D eigenvalue weighted by atomic mass is 9.97. The highest BCUT2D eigenvalue weighted by Crippen LogP contribution is 2.27. The first-order valence-corrected chi connectivity index (χ1v) is 6.71. The summed E-state index contributed by atoms with van der Waals surface area (Å²) in [6.45, 7) is 0.732. The molecule has 3 rings (SSSR count). The van der Waals surface area contributed by atoms with Crippen LogP contribution in [0.5, 0.6) is 0 Å². The third-order valence-electron chi connectivity index (χ3n) is 3.48. The Balaban J connectivity index is 2.00. The highest BCUT2D eigenvalue weighted by molar-refractivity contribution is 5.83. The smallest absolute Gasteiger partial charge is 0.230 e. The maximum atomic E-state index is 11.9. The molecule has 3 N–H and O–H groups in total. The Morgan fingerprint density at radius 2 is 2.05 bits per heavy atom. The summed E-state index contributed by atoms with van der Waals surface area (Å²) < 4.78 is 0. The van der Waals surface area contributed by atoms with E-state index in [0.29, 0.717) is 17.2 Å². The number of amides is 1. The molecule has 1 amide bonds. The summed E-state index contributed by atoms with van der Waals surface area (Å²) in [5, 5.41) is 2.85. The number of benzene rings is 1. The second kappa shape index (κ2) is 5.28. The van der Waals surface area contributed by atoms with Gasteiger partial charge in [-0.15, -0.1) is 0 Å². The monoisotopic (exact) mass is 268 g/mol. The fourth-order valence-electron chi connectivity index (χ4n) is 2.42. The van der Waals surface area contributed by atoms with Gasteiger partial charge in [0.25, 0.3) is 0 Å². The van der Waals surface area contributed by atoms with E-state index in [1.54, 1.807) is 6.20 Å². The number of carbonyl (C=O) groups excluding carboxylic acids is 1. The highest BCUT2D eigenvalue weighted by atomic mass is 16.1. The minimum absolute atomic E-state index is 0.0000307. The average Bonchev–Trinajstić information content (AvgIpc) is 2.49. The SMILES string of the molecule is Nc1cnc([C@@H]2CCCNC2=O)nc1-c1ccccc1. The minimum Gasteiger partial charge on any atom is -0.396 e. The Labute approximate surface area is 117 Å². The summed E-state index contributed by atoms with van der Waals surface area (Å²) in [5.74, 6) is 0.280. The van der Waals surface area contributed by atoms with Crippen LogP contribution in [0.4, 0.5) is 5.69 Å². The largest absolute Gasteiger partial charge is 0.396 e. The van der Waals surface area contributed by atoms with E-state index in [-0.39, 0.29) is 11.8 Å². The van der Waals surface area contributed by atoms with E-state index in [1.165, 1.54) is 0 Å². The van der Waals surface area contributed by atoms with Crippen molar-refractivity contribution in [3.05, 3.63) is 42.4 Å². The van der Waals surface area contributed by atoms with E-state index in [0.717, 1.165) is 24.9 Å². The van der Waals surface area contributed by atoms with Crippen LogP contribution in [-0.4, -0.2) is 22.4 Å². The molecule has 0 bridgehead atoms. The number of nitrogens with two attached hydrogens (primary N) is 1. The van der Waals surface area contributed by atoms with Gasteiger partial charge in [0.2, 0.25) is 5.91 Å². The molecule has 5 nitrogen and oxygen atoms in total. The molecule has 0 radical (unpaired) electrons. The molecule has 0 spiro atoms. The van der Waals surface area contributed by atoms with Gasteiger partial charge in [-0.1, -0.05) is 30.3 Å². The van der Waals surface area contributed by atoms with Crippen molar-refractivity contribution in [2.75, 3.05) is 12.3 Å². The van der Waals surface area contributed by atoms with Crippen molar-refractivity contribution >= 4 is 11.6 Å². The summed E-state index contributed by atoms with van der Waals surface area (Å²) in [4.78, 5) is 20.7. The maximum Gasteiger partial charge on any atom is 0.230 e. The molecule has 0 unspecified atom stereocenters. The van der Waals surface area contributed by atoms with E-state index >= 15 is 0 Å². The van der Waals surface area contributed by atoms with Crippen LogP contribution >= 0.6 is 0 Å². The lowest BCUT2D eigenvalue weighted by molar-refractivity contribution is -0.124. The van der Waals surface area contributed by atoms with E-state index in [9.17, 15) is 4.79 Å². The molecule has 1 atom stereocenters. The van der Waals surface area contributed by atoms with Gasteiger partial charge in [-0.2, -0.15) is 0 Å². The van der Waals surface area contributed by atoms with Crippen molar-refractivity contribution in [1.29, 1.82) is 0 Å². The normalized spacial score (nSPS) is 18.6. The summed E-state index contributed by atoms with van der Waals surface area (Å²) in [6.07, 6.45) is 3.32. The first-order chi connectivity index (χ1) is 9.75. The van der Waals surface area contributed by atoms with Crippen LogP contribution in [0.3, 0.4) is 0 Å². The average molecular weight is 268 g/mol. The molecule has 1 saturated heterocycles. The summed E-state index contributed by atoms with van der Waals surface area (Å²) in [5.41, 5.74) is 8.11. The molecule has 1 aromatic carbocycles. The number of rotatable bonds is 2. The van der Waals surface area contributed by atoms with E-state index in [4.69, 9.17) is 5.73 Å². The highest BCUT2D eigenvalue weighted by Gasteiger charge is 2.26. The zero-order chi connectivity index (χ0) is 13.9. The zero-order valence-corrected chi connectivity index (χ0v) is 11.0. The van der Waals surface area contributed by atoms with E-state index in [1.807, 2.05) is 30.3 Å². The summed E-state index contributed by atoms with van der Waals surface area (Å²) >= 11 is 0. The molecule has 1 fully saturated rings. The third-order valence-corrected chi connectivity index (χ3v) is 3.48. The van der Waals surface area contributed by atoms with E-state index < -0.39 is 0 Å². The molecule has 2 aromatic rings. The van der Waals surface area contributed by atoms with Crippen LogP contribution in [0.25, 0.3) is 11.3 Å². The quantitative estimate of drug-likeness (QED) is 0.869. The molecule has 1 aliphatic rings. The number of anilines is 1.